The molecule has 4 rings (SSSR count). The van der Waals surface area contributed by atoms with Gasteiger partial charge < -0.3 is 10.1 Å². The molecular formula is C22H18N4O2. The zero-order valence-corrected chi connectivity index (χ0v) is 15.3. The SMILES string of the molecule is CCOC(=O)c1cn2c(n1)c(C#N)c(NCc1ccccc1)c1ccccc12. The Labute approximate surface area is 162 Å². The molecule has 0 aliphatic rings. The van der Waals surface area contributed by atoms with E-state index in [4.69, 9.17) is 4.74 Å². The van der Waals surface area contributed by atoms with Crippen LogP contribution in [0, 0.1) is 11.3 Å². The van der Waals surface area contributed by atoms with Crippen molar-refractivity contribution >= 4 is 28.2 Å². The van der Waals surface area contributed by atoms with Crippen LogP contribution in [0.25, 0.3) is 16.6 Å². The van der Waals surface area contributed by atoms with E-state index in [1.54, 1.807) is 17.5 Å². The zero-order valence-electron chi connectivity index (χ0n) is 15.3. The number of hydrogen-bond donors (Lipinski definition) is 1. The van der Waals surface area contributed by atoms with Gasteiger partial charge in [0.1, 0.15) is 11.6 Å². The third-order valence-corrected chi connectivity index (χ3v) is 4.52. The summed E-state index contributed by atoms with van der Waals surface area (Å²) in [5, 5.41) is 14.1. The van der Waals surface area contributed by atoms with Gasteiger partial charge in [-0.25, -0.2) is 9.78 Å². The molecule has 2 aromatic heterocycles. The molecule has 2 heterocycles. The standard InChI is InChI=1S/C22H18N4O2/c1-2-28-22(27)18-14-26-19-11-7-6-10-16(19)20(17(12-23)21(26)25-18)24-13-15-8-4-3-5-9-15/h3-11,14,24H,2,13H2,1H3. The molecule has 138 valence electrons. The van der Waals surface area contributed by atoms with Gasteiger partial charge in [0.05, 0.1) is 17.8 Å². The Bertz CT molecular complexity index is 1210. The van der Waals surface area contributed by atoms with Crippen molar-refractivity contribution in [3.8, 4) is 6.07 Å². The summed E-state index contributed by atoms with van der Waals surface area (Å²) in [6, 6.07) is 19.9. The van der Waals surface area contributed by atoms with Crippen LogP contribution >= 0.6 is 0 Å². The van der Waals surface area contributed by atoms with Crippen LogP contribution < -0.4 is 5.32 Å². The number of hydrogen-bond acceptors (Lipinski definition) is 5. The van der Waals surface area contributed by atoms with Crippen molar-refractivity contribution in [1.82, 2.24) is 9.38 Å². The molecule has 0 saturated heterocycles. The maximum atomic E-state index is 12.1. The van der Waals surface area contributed by atoms with Gasteiger partial charge in [0.15, 0.2) is 11.3 Å². The zero-order chi connectivity index (χ0) is 19.5. The number of rotatable bonds is 5. The van der Waals surface area contributed by atoms with Crippen LogP contribution in [0.2, 0.25) is 0 Å². The number of para-hydroxylation sites is 1. The number of esters is 1. The van der Waals surface area contributed by atoms with Gasteiger partial charge in [0, 0.05) is 18.1 Å². The van der Waals surface area contributed by atoms with Gasteiger partial charge >= 0.3 is 5.97 Å². The van der Waals surface area contributed by atoms with Gasteiger partial charge in [-0.3, -0.25) is 4.40 Å². The number of ether oxygens (including phenoxy) is 1. The summed E-state index contributed by atoms with van der Waals surface area (Å²) in [5.74, 6) is -0.502. The molecule has 2 aromatic carbocycles. The molecule has 0 unspecified atom stereocenters. The quantitative estimate of drug-likeness (QED) is 0.534. The second kappa shape index (κ2) is 7.41. The first-order valence-electron chi connectivity index (χ1n) is 9.01. The maximum Gasteiger partial charge on any atom is 0.358 e. The third kappa shape index (κ3) is 3.03. The van der Waals surface area contributed by atoms with Crippen molar-refractivity contribution in [3.05, 3.63) is 77.6 Å². The molecule has 6 nitrogen and oxygen atoms in total. The first-order chi connectivity index (χ1) is 13.7. The van der Waals surface area contributed by atoms with Crippen LogP contribution in [0.3, 0.4) is 0 Å². The lowest BCUT2D eigenvalue weighted by molar-refractivity contribution is 0.0520. The van der Waals surface area contributed by atoms with Crippen molar-refractivity contribution in [1.29, 1.82) is 5.26 Å². The van der Waals surface area contributed by atoms with E-state index < -0.39 is 5.97 Å². The number of aromatic nitrogens is 2. The summed E-state index contributed by atoms with van der Waals surface area (Å²) in [7, 11) is 0. The normalized spacial score (nSPS) is 10.7. The predicted molar refractivity (Wildman–Crippen MR) is 107 cm³/mol. The number of imidazole rings is 1. The van der Waals surface area contributed by atoms with Crippen molar-refractivity contribution < 1.29 is 9.53 Å². The highest BCUT2D eigenvalue weighted by Gasteiger charge is 2.19. The number of nitriles is 1. The predicted octanol–water partition coefficient (Wildman–Crippen LogP) is 4.15. The van der Waals surface area contributed by atoms with Crippen molar-refractivity contribution in [2.75, 3.05) is 11.9 Å². The minimum atomic E-state index is -0.502. The average molecular weight is 370 g/mol. The van der Waals surface area contributed by atoms with Crippen LogP contribution in [-0.2, 0) is 11.3 Å². The topological polar surface area (TPSA) is 79.4 Å². The van der Waals surface area contributed by atoms with Crippen molar-refractivity contribution in [2.24, 2.45) is 0 Å². The molecule has 0 fully saturated rings. The third-order valence-electron chi connectivity index (χ3n) is 4.52. The van der Waals surface area contributed by atoms with Crippen LogP contribution in [0.1, 0.15) is 28.5 Å². The second-order valence-corrected chi connectivity index (χ2v) is 6.26. The summed E-state index contributed by atoms with van der Waals surface area (Å²) in [4.78, 5) is 16.5. The summed E-state index contributed by atoms with van der Waals surface area (Å²) < 4.78 is 6.84. The van der Waals surface area contributed by atoms with Gasteiger partial charge in [-0.1, -0.05) is 48.5 Å². The Morgan fingerprint density at radius 1 is 1.18 bits per heavy atom. The molecule has 0 radical (unpaired) electrons. The van der Waals surface area contributed by atoms with Crippen molar-refractivity contribution in [3.63, 3.8) is 0 Å². The lowest BCUT2D eigenvalue weighted by Crippen LogP contribution is -2.05. The Morgan fingerprint density at radius 2 is 1.93 bits per heavy atom. The molecule has 0 saturated carbocycles. The number of nitrogens with one attached hydrogen (secondary N) is 1. The number of nitrogens with zero attached hydrogens (tertiary/aromatic N) is 3. The molecule has 28 heavy (non-hydrogen) atoms. The number of anilines is 1. The van der Waals surface area contributed by atoms with E-state index in [2.05, 4.69) is 16.4 Å². The Morgan fingerprint density at radius 3 is 2.68 bits per heavy atom. The van der Waals surface area contributed by atoms with Crippen LogP contribution in [0.4, 0.5) is 5.69 Å². The van der Waals surface area contributed by atoms with Gasteiger partial charge in [-0.2, -0.15) is 5.26 Å². The van der Waals surface area contributed by atoms with Crippen molar-refractivity contribution in [2.45, 2.75) is 13.5 Å². The fraction of sp³-hybridized carbons (Fsp3) is 0.136. The van der Waals surface area contributed by atoms with Gasteiger partial charge in [-0.05, 0) is 18.6 Å². The fourth-order valence-corrected chi connectivity index (χ4v) is 3.26. The Kier molecular flexibility index (Phi) is 4.65. The molecule has 0 aliphatic heterocycles. The highest BCUT2D eigenvalue weighted by Crippen LogP contribution is 2.31. The molecule has 0 amide bonds. The summed E-state index contributed by atoms with van der Waals surface area (Å²) in [6.45, 7) is 2.58. The molecule has 0 spiro atoms. The van der Waals surface area contributed by atoms with E-state index in [9.17, 15) is 10.1 Å². The lowest BCUT2D eigenvalue weighted by atomic mass is 10.1. The first kappa shape index (κ1) is 17.6. The minimum absolute atomic E-state index is 0.184. The number of pyridine rings is 1. The average Bonchev–Trinajstić information content (AvgIpc) is 3.18. The molecule has 1 N–H and O–H groups in total. The van der Waals surface area contributed by atoms with E-state index in [1.165, 1.54) is 0 Å². The number of benzene rings is 2. The maximum absolute atomic E-state index is 12.1. The van der Waals surface area contributed by atoms with Crippen LogP contribution in [0.15, 0.2) is 60.8 Å². The largest absolute Gasteiger partial charge is 0.461 e. The Balaban J connectivity index is 1.90. The van der Waals surface area contributed by atoms with E-state index in [0.717, 1.165) is 16.5 Å². The Hall–Kier alpha value is -3.85. The van der Waals surface area contributed by atoms with E-state index >= 15 is 0 Å². The van der Waals surface area contributed by atoms with Gasteiger partial charge in [-0.15, -0.1) is 0 Å². The second-order valence-electron chi connectivity index (χ2n) is 6.26. The monoisotopic (exact) mass is 370 g/mol. The molecule has 6 heteroatoms. The van der Waals surface area contributed by atoms with E-state index in [0.29, 0.717) is 23.4 Å². The minimum Gasteiger partial charge on any atom is -0.461 e. The molecular weight excluding hydrogens is 352 g/mol. The van der Waals surface area contributed by atoms with Crippen LogP contribution in [-0.4, -0.2) is 22.0 Å². The summed E-state index contributed by atoms with van der Waals surface area (Å²) in [6.07, 6.45) is 1.62. The summed E-state index contributed by atoms with van der Waals surface area (Å²) in [5.41, 5.74) is 3.67. The van der Waals surface area contributed by atoms with E-state index in [-0.39, 0.29) is 12.3 Å². The van der Waals surface area contributed by atoms with E-state index in [1.807, 2.05) is 54.6 Å². The molecule has 0 aliphatic carbocycles. The number of carbonyl (C=O) groups is 1. The number of carbonyl (C=O) groups excluding carboxylic acids is 1. The van der Waals surface area contributed by atoms with Crippen LogP contribution in [0.5, 0.6) is 0 Å². The highest BCUT2D eigenvalue weighted by molar-refractivity contribution is 5.99. The van der Waals surface area contributed by atoms with Gasteiger partial charge in [0.25, 0.3) is 0 Å². The fourth-order valence-electron chi connectivity index (χ4n) is 3.26. The number of fused-ring (bicyclic) bond motifs is 3. The molecule has 0 atom stereocenters. The first-order valence-corrected chi connectivity index (χ1v) is 9.01. The lowest BCUT2D eigenvalue weighted by Gasteiger charge is -2.14. The summed E-state index contributed by atoms with van der Waals surface area (Å²) >= 11 is 0. The van der Waals surface area contributed by atoms with Gasteiger partial charge in [0.2, 0.25) is 0 Å². The molecule has 0 bridgehead atoms. The highest BCUT2D eigenvalue weighted by atomic mass is 16.5. The smallest absolute Gasteiger partial charge is 0.358 e. The molecule has 4 aromatic rings.